The van der Waals surface area contributed by atoms with Crippen molar-refractivity contribution >= 4 is 29.9 Å². The molecule has 0 unspecified atom stereocenters. The summed E-state index contributed by atoms with van der Waals surface area (Å²) in [5, 5.41) is 10.9. The standard InChI is InChI=1S/C18H34N6.HI/c1-3-19-18(21-11-9-17-15-22-23(2)16-17)20-10-8-14-24-12-6-4-5-7-13-24;/h15-16H,3-14H2,1-2H3,(H2,19,20,21);1H. The largest absolute Gasteiger partial charge is 0.357 e. The first-order chi connectivity index (χ1) is 11.8. The smallest absolute Gasteiger partial charge is 0.191 e. The van der Waals surface area contributed by atoms with Gasteiger partial charge in [0.15, 0.2) is 5.96 Å². The molecule has 0 atom stereocenters. The molecule has 1 aromatic rings. The van der Waals surface area contributed by atoms with Crippen LogP contribution in [0.15, 0.2) is 17.4 Å². The maximum Gasteiger partial charge on any atom is 0.191 e. The first-order valence-corrected chi connectivity index (χ1v) is 9.50. The van der Waals surface area contributed by atoms with Gasteiger partial charge >= 0.3 is 0 Å². The Morgan fingerprint density at radius 1 is 1.20 bits per heavy atom. The Morgan fingerprint density at radius 3 is 2.60 bits per heavy atom. The van der Waals surface area contributed by atoms with Crippen molar-refractivity contribution in [2.24, 2.45) is 12.0 Å². The summed E-state index contributed by atoms with van der Waals surface area (Å²) in [6.45, 7) is 8.49. The fourth-order valence-corrected chi connectivity index (χ4v) is 3.11. The Labute approximate surface area is 169 Å². The van der Waals surface area contributed by atoms with E-state index >= 15 is 0 Å². The molecule has 2 heterocycles. The van der Waals surface area contributed by atoms with E-state index in [1.807, 2.05) is 17.9 Å². The maximum atomic E-state index is 4.70. The van der Waals surface area contributed by atoms with E-state index in [9.17, 15) is 0 Å². The van der Waals surface area contributed by atoms with Crippen LogP contribution in [0, 0.1) is 0 Å². The molecule has 0 amide bonds. The minimum absolute atomic E-state index is 0. The molecule has 144 valence electrons. The van der Waals surface area contributed by atoms with Crippen LogP contribution in [-0.4, -0.2) is 59.9 Å². The fourth-order valence-electron chi connectivity index (χ4n) is 3.11. The quantitative estimate of drug-likeness (QED) is 0.270. The summed E-state index contributed by atoms with van der Waals surface area (Å²) >= 11 is 0. The van der Waals surface area contributed by atoms with Crippen molar-refractivity contribution in [2.45, 2.75) is 45.4 Å². The predicted octanol–water partition coefficient (Wildman–Crippen LogP) is 2.40. The van der Waals surface area contributed by atoms with Gasteiger partial charge in [-0.15, -0.1) is 24.0 Å². The first kappa shape index (κ1) is 22.2. The van der Waals surface area contributed by atoms with Crippen LogP contribution in [-0.2, 0) is 13.5 Å². The second kappa shape index (κ2) is 13.4. The van der Waals surface area contributed by atoms with Crippen LogP contribution in [0.25, 0.3) is 0 Å². The molecule has 0 saturated carbocycles. The summed E-state index contributed by atoms with van der Waals surface area (Å²) in [6, 6.07) is 0. The molecule has 0 spiro atoms. The molecule has 2 N–H and O–H groups in total. The molecule has 1 saturated heterocycles. The lowest BCUT2D eigenvalue weighted by atomic mass is 10.2. The van der Waals surface area contributed by atoms with Crippen LogP contribution in [0.3, 0.4) is 0 Å². The summed E-state index contributed by atoms with van der Waals surface area (Å²) < 4.78 is 1.84. The molecule has 6 nitrogen and oxygen atoms in total. The Morgan fingerprint density at radius 2 is 1.96 bits per heavy atom. The van der Waals surface area contributed by atoms with Gasteiger partial charge in [0.25, 0.3) is 0 Å². The van der Waals surface area contributed by atoms with Crippen LogP contribution in [0.2, 0.25) is 0 Å². The lowest BCUT2D eigenvalue weighted by Gasteiger charge is -2.19. The SMILES string of the molecule is CCNC(=NCCCN1CCCCCC1)NCCc1cnn(C)c1.I. The van der Waals surface area contributed by atoms with E-state index in [4.69, 9.17) is 4.99 Å². The summed E-state index contributed by atoms with van der Waals surface area (Å²) in [5.74, 6) is 0.928. The van der Waals surface area contributed by atoms with Crippen LogP contribution < -0.4 is 10.6 Å². The number of rotatable bonds is 8. The molecule has 1 fully saturated rings. The van der Waals surface area contributed by atoms with Crippen LogP contribution >= 0.6 is 24.0 Å². The van der Waals surface area contributed by atoms with Gasteiger partial charge in [-0.05, 0) is 57.8 Å². The summed E-state index contributed by atoms with van der Waals surface area (Å²) in [5.41, 5.74) is 1.25. The zero-order valence-corrected chi connectivity index (χ0v) is 18.2. The van der Waals surface area contributed by atoms with Crippen LogP contribution in [0.5, 0.6) is 0 Å². The van der Waals surface area contributed by atoms with E-state index in [1.54, 1.807) is 0 Å². The highest BCUT2D eigenvalue weighted by atomic mass is 127. The number of aliphatic imine (C=N–C) groups is 1. The van der Waals surface area contributed by atoms with Crippen LogP contribution in [0.1, 0.15) is 44.6 Å². The van der Waals surface area contributed by atoms with Gasteiger partial charge in [-0.3, -0.25) is 9.67 Å². The highest BCUT2D eigenvalue weighted by Crippen LogP contribution is 2.09. The summed E-state index contributed by atoms with van der Waals surface area (Å²) in [4.78, 5) is 7.31. The molecule has 25 heavy (non-hydrogen) atoms. The number of halogens is 1. The van der Waals surface area contributed by atoms with Gasteiger partial charge in [-0.2, -0.15) is 5.10 Å². The molecule has 2 rings (SSSR count). The van der Waals surface area contributed by atoms with Crippen molar-refractivity contribution in [3.63, 3.8) is 0 Å². The topological polar surface area (TPSA) is 57.5 Å². The average molecular weight is 462 g/mol. The number of likely N-dealkylation sites (tertiary alicyclic amines) is 1. The van der Waals surface area contributed by atoms with E-state index in [2.05, 4.69) is 33.8 Å². The zero-order chi connectivity index (χ0) is 17.0. The molecular weight excluding hydrogens is 427 g/mol. The molecule has 7 heteroatoms. The number of nitrogens with zero attached hydrogens (tertiary/aromatic N) is 4. The maximum absolute atomic E-state index is 4.70. The normalized spacial score (nSPS) is 16.2. The van der Waals surface area contributed by atoms with Crippen molar-refractivity contribution in [1.29, 1.82) is 0 Å². The van der Waals surface area contributed by atoms with E-state index in [0.29, 0.717) is 0 Å². The third-order valence-electron chi connectivity index (χ3n) is 4.41. The molecule has 0 aromatic carbocycles. The van der Waals surface area contributed by atoms with Crippen molar-refractivity contribution in [1.82, 2.24) is 25.3 Å². The van der Waals surface area contributed by atoms with E-state index < -0.39 is 0 Å². The number of hydrogen-bond acceptors (Lipinski definition) is 3. The first-order valence-electron chi connectivity index (χ1n) is 9.50. The monoisotopic (exact) mass is 462 g/mol. The van der Waals surface area contributed by atoms with E-state index in [1.165, 1.54) is 50.9 Å². The molecule has 0 bridgehead atoms. The number of guanidine groups is 1. The van der Waals surface area contributed by atoms with Crippen molar-refractivity contribution in [3.05, 3.63) is 18.0 Å². The number of nitrogens with one attached hydrogen (secondary N) is 2. The van der Waals surface area contributed by atoms with Crippen molar-refractivity contribution < 1.29 is 0 Å². The van der Waals surface area contributed by atoms with Gasteiger partial charge in [0.2, 0.25) is 0 Å². The second-order valence-corrected chi connectivity index (χ2v) is 6.57. The molecule has 0 radical (unpaired) electrons. The van der Waals surface area contributed by atoms with Gasteiger partial charge in [0.1, 0.15) is 0 Å². The molecule has 1 aromatic heterocycles. The van der Waals surface area contributed by atoms with E-state index in [-0.39, 0.29) is 24.0 Å². The third kappa shape index (κ3) is 9.44. The predicted molar refractivity (Wildman–Crippen MR) is 116 cm³/mol. The minimum Gasteiger partial charge on any atom is -0.357 e. The Balaban J connectivity index is 0.00000312. The lowest BCUT2D eigenvalue weighted by Crippen LogP contribution is -2.38. The second-order valence-electron chi connectivity index (χ2n) is 6.57. The average Bonchev–Trinajstić information content (AvgIpc) is 2.83. The summed E-state index contributed by atoms with van der Waals surface area (Å²) in [6.07, 6.45) is 11.6. The van der Waals surface area contributed by atoms with E-state index in [0.717, 1.165) is 38.4 Å². The molecule has 1 aliphatic rings. The van der Waals surface area contributed by atoms with Crippen molar-refractivity contribution in [3.8, 4) is 0 Å². The third-order valence-corrected chi connectivity index (χ3v) is 4.41. The van der Waals surface area contributed by atoms with Crippen LogP contribution in [0.4, 0.5) is 0 Å². The van der Waals surface area contributed by atoms with Gasteiger partial charge in [0.05, 0.1) is 6.20 Å². The molecule has 0 aliphatic carbocycles. The fraction of sp³-hybridized carbons (Fsp3) is 0.778. The molecular formula is C18H35IN6. The zero-order valence-electron chi connectivity index (χ0n) is 15.8. The number of aromatic nitrogens is 2. The van der Waals surface area contributed by atoms with Gasteiger partial charge in [-0.25, -0.2) is 0 Å². The van der Waals surface area contributed by atoms with Gasteiger partial charge in [-0.1, -0.05) is 12.8 Å². The Kier molecular flexibility index (Phi) is 11.9. The lowest BCUT2D eigenvalue weighted by molar-refractivity contribution is 0.283. The Bertz CT molecular complexity index is 480. The highest BCUT2D eigenvalue weighted by Gasteiger charge is 2.08. The van der Waals surface area contributed by atoms with Crippen molar-refractivity contribution in [2.75, 3.05) is 39.3 Å². The minimum atomic E-state index is 0. The number of hydrogen-bond donors (Lipinski definition) is 2. The Hall–Kier alpha value is -0.830. The molecule has 1 aliphatic heterocycles. The summed E-state index contributed by atoms with van der Waals surface area (Å²) in [7, 11) is 1.95. The van der Waals surface area contributed by atoms with Gasteiger partial charge in [0, 0.05) is 32.9 Å². The van der Waals surface area contributed by atoms with Gasteiger partial charge < -0.3 is 15.5 Å². The number of aryl methyl sites for hydroxylation is 1. The highest BCUT2D eigenvalue weighted by molar-refractivity contribution is 14.0.